The number of rotatable bonds is 4. The van der Waals surface area contributed by atoms with E-state index in [-0.39, 0.29) is 5.91 Å². The molecule has 3 rings (SSSR count). The van der Waals surface area contributed by atoms with Crippen molar-refractivity contribution in [1.29, 1.82) is 0 Å². The van der Waals surface area contributed by atoms with E-state index in [2.05, 4.69) is 20.6 Å². The van der Waals surface area contributed by atoms with Gasteiger partial charge in [-0.1, -0.05) is 6.07 Å². The molecule has 0 radical (unpaired) electrons. The smallest absolute Gasteiger partial charge is 0.221 e. The second-order valence-electron chi connectivity index (χ2n) is 4.99. The van der Waals surface area contributed by atoms with E-state index < -0.39 is 0 Å². The molecule has 2 aromatic carbocycles. The summed E-state index contributed by atoms with van der Waals surface area (Å²) in [7, 11) is 1.62. The summed E-state index contributed by atoms with van der Waals surface area (Å²) in [5.74, 6) is 1.30. The van der Waals surface area contributed by atoms with Crippen molar-refractivity contribution in [2.24, 2.45) is 0 Å². The van der Waals surface area contributed by atoms with E-state index in [9.17, 15) is 4.79 Å². The van der Waals surface area contributed by atoms with Crippen molar-refractivity contribution in [1.82, 2.24) is 9.97 Å². The third-order valence-electron chi connectivity index (χ3n) is 3.29. The Bertz CT molecular complexity index is 864. The van der Waals surface area contributed by atoms with E-state index in [0.717, 1.165) is 28.0 Å². The van der Waals surface area contributed by atoms with Gasteiger partial charge in [0.1, 0.15) is 17.9 Å². The molecule has 3 aromatic rings. The van der Waals surface area contributed by atoms with Crippen LogP contribution in [0.25, 0.3) is 10.9 Å². The first-order valence-electron chi connectivity index (χ1n) is 7.09. The summed E-state index contributed by atoms with van der Waals surface area (Å²) in [6.45, 7) is 1.48. The van der Waals surface area contributed by atoms with Crippen molar-refractivity contribution in [2.75, 3.05) is 17.7 Å². The Morgan fingerprint density at radius 1 is 1.09 bits per heavy atom. The van der Waals surface area contributed by atoms with Crippen molar-refractivity contribution in [2.45, 2.75) is 6.92 Å². The van der Waals surface area contributed by atoms with Gasteiger partial charge in [0.05, 0.1) is 12.6 Å². The van der Waals surface area contributed by atoms with Gasteiger partial charge in [-0.3, -0.25) is 4.79 Å². The number of carbonyl (C=O) groups excluding carboxylic acids is 1. The molecule has 0 unspecified atom stereocenters. The molecule has 0 bridgehead atoms. The zero-order chi connectivity index (χ0) is 16.2. The highest BCUT2D eigenvalue weighted by atomic mass is 16.5. The molecule has 0 saturated heterocycles. The first-order valence-corrected chi connectivity index (χ1v) is 7.09. The Hall–Kier alpha value is -3.15. The van der Waals surface area contributed by atoms with Crippen LogP contribution in [0.2, 0.25) is 0 Å². The molecule has 0 aliphatic carbocycles. The van der Waals surface area contributed by atoms with Gasteiger partial charge in [0.25, 0.3) is 0 Å². The lowest BCUT2D eigenvalue weighted by atomic mass is 10.2. The van der Waals surface area contributed by atoms with Crippen LogP contribution in [0.5, 0.6) is 5.75 Å². The summed E-state index contributed by atoms with van der Waals surface area (Å²) in [5, 5.41) is 6.87. The van der Waals surface area contributed by atoms with Crippen molar-refractivity contribution in [3.8, 4) is 5.75 Å². The number of benzene rings is 2. The third-order valence-corrected chi connectivity index (χ3v) is 3.29. The molecule has 23 heavy (non-hydrogen) atoms. The van der Waals surface area contributed by atoms with Gasteiger partial charge in [-0.25, -0.2) is 9.97 Å². The number of aromatic nitrogens is 2. The number of fused-ring (bicyclic) bond motifs is 1. The van der Waals surface area contributed by atoms with Gasteiger partial charge in [0.2, 0.25) is 5.91 Å². The van der Waals surface area contributed by atoms with Crippen LogP contribution in [-0.2, 0) is 4.79 Å². The van der Waals surface area contributed by atoms with Gasteiger partial charge in [-0.05, 0) is 36.4 Å². The largest absolute Gasteiger partial charge is 0.497 e. The fraction of sp³-hybridized carbons (Fsp3) is 0.118. The number of hydrogen-bond acceptors (Lipinski definition) is 5. The molecule has 0 fully saturated rings. The average Bonchev–Trinajstić information content (AvgIpc) is 2.54. The van der Waals surface area contributed by atoms with Crippen LogP contribution in [0.4, 0.5) is 17.2 Å². The molecule has 0 aliphatic rings. The lowest BCUT2D eigenvalue weighted by Crippen LogP contribution is -2.06. The van der Waals surface area contributed by atoms with E-state index in [1.807, 2.05) is 42.5 Å². The number of methoxy groups -OCH3 is 1. The molecule has 2 N–H and O–H groups in total. The molecule has 0 spiro atoms. The highest BCUT2D eigenvalue weighted by Crippen LogP contribution is 2.27. The summed E-state index contributed by atoms with van der Waals surface area (Å²) in [4.78, 5) is 19.7. The van der Waals surface area contributed by atoms with E-state index in [4.69, 9.17) is 4.74 Å². The minimum atomic E-state index is -0.112. The second kappa shape index (κ2) is 6.31. The SMILES string of the molecule is COc1ccc2ncnc(Nc3cccc(NC(C)=O)c3)c2c1. The quantitative estimate of drug-likeness (QED) is 0.773. The summed E-state index contributed by atoms with van der Waals surface area (Å²) in [5.41, 5.74) is 2.36. The maximum atomic E-state index is 11.2. The van der Waals surface area contributed by atoms with Crippen LogP contribution in [-0.4, -0.2) is 23.0 Å². The fourth-order valence-corrected chi connectivity index (χ4v) is 2.28. The number of hydrogen-bond donors (Lipinski definition) is 2. The minimum absolute atomic E-state index is 0.112. The zero-order valence-electron chi connectivity index (χ0n) is 12.8. The molecule has 0 atom stereocenters. The third kappa shape index (κ3) is 3.37. The van der Waals surface area contributed by atoms with Crippen LogP contribution >= 0.6 is 0 Å². The van der Waals surface area contributed by atoms with Gasteiger partial charge in [0, 0.05) is 23.7 Å². The number of carbonyl (C=O) groups is 1. The number of nitrogens with one attached hydrogen (secondary N) is 2. The van der Waals surface area contributed by atoms with Gasteiger partial charge in [-0.2, -0.15) is 0 Å². The molecule has 1 aromatic heterocycles. The van der Waals surface area contributed by atoms with Gasteiger partial charge in [0.15, 0.2) is 0 Å². The van der Waals surface area contributed by atoms with Crippen molar-refractivity contribution in [3.63, 3.8) is 0 Å². The predicted molar refractivity (Wildman–Crippen MR) is 90.1 cm³/mol. The summed E-state index contributed by atoms with van der Waals surface area (Å²) >= 11 is 0. The van der Waals surface area contributed by atoms with Crippen LogP contribution < -0.4 is 15.4 Å². The second-order valence-corrected chi connectivity index (χ2v) is 4.99. The highest BCUT2D eigenvalue weighted by Gasteiger charge is 2.06. The molecule has 1 amide bonds. The Morgan fingerprint density at radius 3 is 2.70 bits per heavy atom. The minimum Gasteiger partial charge on any atom is -0.497 e. The van der Waals surface area contributed by atoms with Gasteiger partial charge >= 0.3 is 0 Å². The Morgan fingerprint density at radius 2 is 1.91 bits per heavy atom. The van der Waals surface area contributed by atoms with E-state index in [1.165, 1.54) is 13.3 Å². The topological polar surface area (TPSA) is 76.1 Å². The van der Waals surface area contributed by atoms with E-state index in [0.29, 0.717) is 5.82 Å². The molecule has 116 valence electrons. The average molecular weight is 308 g/mol. The Kier molecular flexibility index (Phi) is 4.05. The molecular weight excluding hydrogens is 292 g/mol. The summed E-state index contributed by atoms with van der Waals surface area (Å²) < 4.78 is 5.26. The standard InChI is InChI=1S/C17H16N4O2/c1-11(22)20-12-4-3-5-13(8-12)21-17-15-9-14(23-2)6-7-16(15)18-10-19-17/h3-10H,1-2H3,(H,20,22)(H,18,19,21). The van der Waals surface area contributed by atoms with Crippen LogP contribution in [0, 0.1) is 0 Å². The molecular formula is C17H16N4O2. The van der Waals surface area contributed by atoms with Crippen molar-refractivity contribution < 1.29 is 9.53 Å². The summed E-state index contributed by atoms with van der Waals surface area (Å²) in [6.07, 6.45) is 1.51. The number of amides is 1. The summed E-state index contributed by atoms with van der Waals surface area (Å²) in [6, 6.07) is 13.1. The van der Waals surface area contributed by atoms with Gasteiger partial charge < -0.3 is 15.4 Å². The lowest BCUT2D eigenvalue weighted by Gasteiger charge is -2.10. The van der Waals surface area contributed by atoms with Crippen molar-refractivity contribution >= 4 is 34.0 Å². The molecule has 0 saturated carbocycles. The fourth-order valence-electron chi connectivity index (χ4n) is 2.28. The lowest BCUT2D eigenvalue weighted by molar-refractivity contribution is -0.114. The monoisotopic (exact) mass is 308 g/mol. The predicted octanol–water partition coefficient (Wildman–Crippen LogP) is 3.34. The first kappa shape index (κ1) is 14.8. The maximum Gasteiger partial charge on any atom is 0.221 e. The van der Waals surface area contributed by atoms with Crippen LogP contribution in [0.15, 0.2) is 48.8 Å². The zero-order valence-corrected chi connectivity index (χ0v) is 12.8. The molecule has 0 aliphatic heterocycles. The van der Waals surface area contributed by atoms with Gasteiger partial charge in [-0.15, -0.1) is 0 Å². The number of nitrogens with zero attached hydrogens (tertiary/aromatic N) is 2. The van der Waals surface area contributed by atoms with E-state index >= 15 is 0 Å². The molecule has 6 nitrogen and oxygen atoms in total. The molecule has 1 heterocycles. The van der Waals surface area contributed by atoms with E-state index in [1.54, 1.807) is 7.11 Å². The van der Waals surface area contributed by atoms with Crippen LogP contribution in [0.3, 0.4) is 0 Å². The highest BCUT2D eigenvalue weighted by molar-refractivity contribution is 5.92. The maximum absolute atomic E-state index is 11.2. The van der Waals surface area contributed by atoms with Crippen LogP contribution in [0.1, 0.15) is 6.92 Å². The Balaban J connectivity index is 1.96. The normalized spacial score (nSPS) is 10.3. The van der Waals surface area contributed by atoms with Crippen molar-refractivity contribution in [3.05, 3.63) is 48.8 Å². The first-order chi connectivity index (χ1) is 11.2. The molecule has 6 heteroatoms. The Labute approximate surface area is 133 Å². The number of ether oxygens (including phenoxy) is 1. The number of anilines is 3.